The molecule has 2 rings (SSSR count). The molecule has 0 unspecified atom stereocenters. The Morgan fingerprint density at radius 1 is 1.05 bits per heavy atom. The van der Waals surface area contributed by atoms with Crippen LogP contribution in [0.2, 0.25) is 0 Å². The van der Waals surface area contributed by atoms with Gasteiger partial charge in [0.2, 0.25) is 0 Å². The van der Waals surface area contributed by atoms with Crippen molar-refractivity contribution in [2.75, 3.05) is 12.4 Å². The summed E-state index contributed by atoms with van der Waals surface area (Å²) in [4.78, 5) is 12.3. The topological polar surface area (TPSA) is 47.6 Å². The van der Waals surface area contributed by atoms with Gasteiger partial charge in [0.1, 0.15) is 11.5 Å². The highest BCUT2D eigenvalue weighted by atomic mass is 16.5. The Morgan fingerprint density at radius 3 is 2.18 bits per heavy atom. The molecule has 0 saturated heterocycles. The molecule has 0 saturated carbocycles. The molecule has 1 atom stereocenters. The molecule has 1 amide bonds. The van der Waals surface area contributed by atoms with Gasteiger partial charge in [-0.2, -0.15) is 0 Å². The second kappa shape index (κ2) is 7.50. The molecule has 22 heavy (non-hydrogen) atoms. The third-order valence-corrected chi connectivity index (χ3v) is 3.32. The number of ether oxygens (including phenoxy) is 2. The van der Waals surface area contributed by atoms with E-state index in [2.05, 4.69) is 5.32 Å². The minimum atomic E-state index is -0.523. The van der Waals surface area contributed by atoms with Gasteiger partial charge < -0.3 is 14.8 Å². The molecule has 4 heteroatoms. The van der Waals surface area contributed by atoms with Gasteiger partial charge in [-0.1, -0.05) is 24.6 Å². The SMILES string of the molecule is CC[C@@H](Oc1ccc(C)cc1)C(=O)Nc1ccc(OC)cc1. The fourth-order valence-electron chi connectivity index (χ4n) is 2.00. The molecule has 0 aliphatic carbocycles. The van der Waals surface area contributed by atoms with Crippen LogP contribution < -0.4 is 14.8 Å². The highest BCUT2D eigenvalue weighted by molar-refractivity contribution is 5.94. The number of carbonyl (C=O) groups is 1. The van der Waals surface area contributed by atoms with Gasteiger partial charge >= 0.3 is 0 Å². The molecule has 4 nitrogen and oxygen atoms in total. The van der Waals surface area contributed by atoms with Gasteiger partial charge in [0, 0.05) is 5.69 Å². The van der Waals surface area contributed by atoms with Crippen LogP contribution in [0.15, 0.2) is 48.5 Å². The van der Waals surface area contributed by atoms with E-state index in [0.29, 0.717) is 12.2 Å². The lowest BCUT2D eigenvalue weighted by Gasteiger charge is -2.17. The summed E-state index contributed by atoms with van der Waals surface area (Å²) in [6, 6.07) is 14.9. The lowest BCUT2D eigenvalue weighted by atomic mass is 10.2. The van der Waals surface area contributed by atoms with Crippen molar-refractivity contribution < 1.29 is 14.3 Å². The fraction of sp³-hybridized carbons (Fsp3) is 0.278. The standard InChI is InChI=1S/C18H21NO3/c1-4-17(22-16-9-5-13(2)6-10-16)18(20)19-14-7-11-15(21-3)12-8-14/h5-12,17H,4H2,1-3H3,(H,19,20)/t17-/m1/s1. The number of nitrogens with one attached hydrogen (secondary N) is 1. The Morgan fingerprint density at radius 2 is 1.64 bits per heavy atom. The largest absolute Gasteiger partial charge is 0.497 e. The summed E-state index contributed by atoms with van der Waals surface area (Å²) in [5.41, 5.74) is 1.87. The molecule has 0 spiro atoms. The molecule has 0 bridgehead atoms. The summed E-state index contributed by atoms with van der Waals surface area (Å²) in [6.07, 6.45) is 0.0698. The van der Waals surface area contributed by atoms with E-state index in [9.17, 15) is 4.79 Å². The van der Waals surface area contributed by atoms with E-state index in [1.54, 1.807) is 31.4 Å². The van der Waals surface area contributed by atoms with E-state index < -0.39 is 6.10 Å². The third kappa shape index (κ3) is 4.25. The zero-order valence-electron chi connectivity index (χ0n) is 13.1. The van der Waals surface area contributed by atoms with Crippen molar-refractivity contribution >= 4 is 11.6 Å². The number of anilines is 1. The smallest absolute Gasteiger partial charge is 0.265 e. The van der Waals surface area contributed by atoms with E-state index in [0.717, 1.165) is 17.0 Å². The summed E-state index contributed by atoms with van der Waals surface area (Å²) >= 11 is 0. The number of hydrogen-bond donors (Lipinski definition) is 1. The first-order chi connectivity index (χ1) is 10.6. The van der Waals surface area contributed by atoms with Crippen LogP contribution in [0.25, 0.3) is 0 Å². The van der Waals surface area contributed by atoms with E-state index in [-0.39, 0.29) is 5.91 Å². The summed E-state index contributed by atoms with van der Waals surface area (Å²) < 4.78 is 10.9. The molecule has 0 fully saturated rings. The predicted octanol–water partition coefficient (Wildman–Crippen LogP) is 3.80. The minimum absolute atomic E-state index is 0.159. The maximum Gasteiger partial charge on any atom is 0.265 e. The first-order valence-corrected chi connectivity index (χ1v) is 7.30. The Balaban J connectivity index is 1.99. The number of aryl methyl sites for hydroxylation is 1. The number of methoxy groups -OCH3 is 1. The van der Waals surface area contributed by atoms with Crippen molar-refractivity contribution in [2.24, 2.45) is 0 Å². The number of hydrogen-bond acceptors (Lipinski definition) is 3. The minimum Gasteiger partial charge on any atom is -0.497 e. The second-order valence-electron chi connectivity index (χ2n) is 5.05. The normalized spacial score (nSPS) is 11.6. The average Bonchev–Trinajstić information content (AvgIpc) is 2.55. The monoisotopic (exact) mass is 299 g/mol. The lowest BCUT2D eigenvalue weighted by molar-refractivity contribution is -0.122. The van der Waals surface area contributed by atoms with Crippen LogP contribution in [0, 0.1) is 6.92 Å². The average molecular weight is 299 g/mol. The summed E-state index contributed by atoms with van der Waals surface area (Å²) in [6.45, 7) is 3.93. The molecule has 0 heterocycles. The Bertz CT molecular complexity index is 605. The van der Waals surface area contributed by atoms with Crippen molar-refractivity contribution in [3.63, 3.8) is 0 Å². The molecule has 2 aromatic carbocycles. The Kier molecular flexibility index (Phi) is 5.42. The van der Waals surface area contributed by atoms with Crippen LogP contribution in [0.3, 0.4) is 0 Å². The van der Waals surface area contributed by atoms with Crippen LogP contribution >= 0.6 is 0 Å². The van der Waals surface area contributed by atoms with E-state index in [4.69, 9.17) is 9.47 Å². The van der Waals surface area contributed by atoms with Crippen LogP contribution in [-0.2, 0) is 4.79 Å². The van der Waals surface area contributed by atoms with Crippen molar-refractivity contribution in [3.05, 3.63) is 54.1 Å². The fourth-order valence-corrected chi connectivity index (χ4v) is 2.00. The zero-order chi connectivity index (χ0) is 15.9. The van der Waals surface area contributed by atoms with Crippen LogP contribution in [0.4, 0.5) is 5.69 Å². The molecular weight excluding hydrogens is 278 g/mol. The molecule has 0 aliphatic rings. The van der Waals surface area contributed by atoms with Gasteiger partial charge in [-0.05, 0) is 49.7 Å². The lowest BCUT2D eigenvalue weighted by Crippen LogP contribution is -2.32. The number of rotatable bonds is 6. The first-order valence-electron chi connectivity index (χ1n) is 7.30. The van der Waals surface area contributed by atoms with E-state index in [1.807, 2.05) is 38.1 Å². The summed E-state index contributed by atoms with van der Waals surface area (Å²) in [5, 5.41) is 2.86. The van der Waals surface area contributed by atoms with Crippen LogP contribution in [0.1, 0.15) is 18.9 Å². The quantitative estimate of drug-likeness (QED) is 0.882. The molecule has 0 aliphatic heterocycles. The van der Waals surface area contributed by atoms with Crippen molar-refractivity contribution in [3.8, 4) is 11.5 Å². The maximum absolute atomic E-state index is 12.3. The molecule has 2 aromatic rings. The third-order valence-electron chi connectivity index (χ3n) is 3.32. The number of benzene rings is 2. The maximum atomic E-state index is 12.3. The predicted molar refractivity (Wildman–Crippen MR) is 87.5 cm³/mol. The molecule has 116 valence electrons. The van der Waals surface area contributed by atoms with Gasteiger partial charge in [0.05, 0.1) is 7.11 Å². The van der Waals surface area contributed by atoms with Gasteiger partial charge in [-0.3, -0.25) is 4.79 Å². The number of carbonyl (C=O) groups excluding carboxylic acids is 1. The zero-order valence-corrected chi connectivity index (χ0v) is 13.1. The van der Waals surface area contributed by atoms with E-state index in [1.165, 1.54) is 0 Å². The first kappa shape index (κ1) is 15.9. The van der Waals surface area contributed by atoms with Crippen molar-refractivity contribution in [1.82, 2.24) is 0 Å². The Labute approximate surface area is 131 Å². The molecular formula is C18H21NO3. The van der Waals surface area contributed by atoms with Crippen LogP contribution in [0.5, 0.6) is 11.5 Å². The summed E-state index contributed by atoms with van der Waals surface area (Å²) in [5.74, 6) is 1.29. The van der Waals surface area contributed by atoms with Gasteiger partial charge in [0.25, 0.3) is 5.91 Å². The van der Waals surface area contributed by atoms with Gasteiger partial charge in [-0.15, -0.1) is 0 Å². The Hall–Kier alpha value is -2.49. The van der Waals surface area contributed by atoms with E-state index >= 15 is 0 Å². The molecule has 1 N–H and O–H groups in total. The highest BCUT2D eigenvalue weighted by Gasteiger charge is 2.18. The van der Waals surface area contributed by atoms with Crippen LogP contribution in [-0.4, -0.2) is 19.1 Å². The van der Waals surface area contributed by atoms with Crippen molar-refractivity contribution in [1.29, 1.82) is 0 Å². The van der Waals surface area contributed by atoms with Gasteiger partial charge in [-0.25, -0.2) is 0 Å². The highest BCUT2D eigenvalue weighted by Crippen LogP contribution is 2.18. The summed E-state index contributed by atoms with van der Waals surface area (Å²) in [7, 11) is 1.61. The molecule has 0 aromatic heterocycles. The van der Waals surface area contributed by atoms with Crippen molar-refractivity contribution in [2.45, 2.75) is 26.4 Å². The molecule has 0 radical (unpaired) electrons. The van der Waals surface area contributed by atoms with Gasteiger partial charge in [0.15, 0.2) is 6.10 Å². The second-order valence-corrected chi connectivity index (χ2v) is 5.05. The number of amides is 1.